The molecule has 3 aromatic rings. The summed E-state index contributed by atoms with van der Waals surface area (Å²) in [5.74, 6) is -1.81. The number of nitrogens with one attached hydrogen (secondary N) is 2. The number of benzene rings is 3. The number of nitrogens with zero attached hydrogens (tertiary/aromatic N) is 1. The Balaban J connectivity index is 1.53. The third kappa shape index (κ3) is 10.2. The first-order chi connectivity index (χ1) is 22.0. The van der Waals surface area contributed by atoms with Crippen LogP contribution in [0, 0.1) is 0 Å². The maximum atomic E-state index is 13.8. The maximum absolute atomic E-state index is 13.8. The quantitative estimate of drug-likeness (QED) is 0.259. The summed E-state index contributed by atoms with van der Waals surface area (Å²) >= 11 is 0. The van der Waals surface area contributed by atoms with Crippen molar-refractivity contribution in [1.29, 1.82) is 0 Å². The van der Waals surface area contributed by atoms with E-state index < -0.39 is 53.7 Å². The highest BCUT2D eigenvalue weighted by molar-refractivity contribution is 5.90. The molecule has 4 atom stereocenters. The van der Waals surface area contributed by atoms with Crippen LogP contribution >= 0.6 is 0 Å². The molecular formula is C36H43N3O7. The summed E-state index contributed by atoms with van der Waals surface area (Å²) in [4.78, 5) is 54.7. The van der Waals surface area contributed by atoms with E-state index in [-0.39, 0.29) is 26.0 Å². The largest absolute Gasteiger partial charge is 0.458 e. The van der Waals surface area contributed by atoms with Crippen molar-refractivity contribution in [2.75, 3.05) is 6.54 Å². The van der Waals surface area contributed by atoms with Gasteiger partial charge in [-0.3, -0.25) is 9.59 Å². The van der Waals surface area contributed by atoms with Gasteiger partial charge in [0, 0.05) is 13.0 Å². The number of esters is 1. The van der Waals surface area contributed by atoms with Gasteiger partial charge in [-0.1, -0.05) is 91.0 Å². The third-order valence-electron chi connectivity index (χ3n) is 7.58. The second-order valence-electron chi connectivity index (χ2n) is 12.4. The van der Waals surface area contributed by atoms with E-state index >= 15 is 0 Å². The zero-order valence-electron chi connectivity index (χ0n) is 26.6. The predicted octanol–water partition coefficient (Wildman–Crippen LogP) is 3.95. The Hall–Kier alpha value is -4.70. The Morgan fingerprint density at radius 3 is 1.93 bits per heavy atom. The fourth-order valence-corrected chi connectivity index (χ4v) is 5.35. The summed E-state index contributed by atoms with van der Waals surface area (Å²) in [6.45, 7) is 5.55. The highest BCUT2D eigenvalue weighted by atomic mass is 16.6. The zero-order chi connectivity index (χ0) is 33.1. The molecule has 0 aliphatic carbocycles. The Kier molecular flexibility index (Phi) is 11.9. The summed E-state index contributed by atoms with van der Waals surface area (Å²) in [6.07, 6.45) is -1.20. The van der Waals surface area contributed by atoms with E-state index in [2.05, 4.69) is 10.6 Å². The molecule has 0 saturated carbocycles. The van der Waals surface area contributed by atoms with E-state index in [1.165, 1.54) is 4.90 Å². The Morgan fingerprint density at radius 1 is 0.826 bits per heavy atom. The fraction of sp³-hybridized carbons (Fsp3) is 0.389. The molecule has 10 nitrogen and oxygen atoms in total. The molecule has 10 heteroatoms. The van der Waals surface area contributed by atoms with E-state index in [1.54, 1.807) is 20.8 Å². The van der Waals surface area contributed by atoms with Gasteiger partial charge < -0.3 is 30.1 Å². The average molecular weight is 630 g/mol. The molecule has 0 radical (unpaired) electrons. The minimum Gasteiger partial charge on any atom is -0.458 e. The standard InChI is InChI=1S/C36H43N3O7/c1-36(2,3)46-34(43)30-20-13-21-39(30)33(42)31(40)28(22-25-14-7-4-8-15-25)37-32(41)29(23-26-16-9-5-10-17-26)38-35(44)45-24-27-18-11-6-12-19-27/h4-12,14-19,28-31,40H,13,20-24H2,1-3H3,(H,37,41)(H,38,44)/t28-,29-,30-,31?/m0/s1. The van der Waals surface area contributed by atoms with Gasteiger partial charge in [0.15, 0.2) is 6.10 Å². The first kappa shape index (κ1) is 34.2. The Labute approximate surface area is 270 Å². The molecule has 1 aliphatic rings. The number of carbonyl (C=O) groups excluding carboxylic acids is 4. The molecule has 4 rings (SSSR count). The lowest BCUT2D eigenvalue weighted by Crippen LogP contribution is -2.58. The van der Waals surface area contributed by atoms with E-state index in [0.717, 1.165) is 16.7 Å². The van der Waals surface area contributed by atoms with Crippen molar-refractivity contribution in [3.05, 3.63) is 108 Å². The summed E-state index contributed by atoms with van der Waals surface area (Å²) in [6, 6.07) is 24.5. The molecule has 0 bridgehead atoms. The van der Waals surface area contributed by atoms with Crippen LogP contribution in [0.3, 0.4) is 0 Å². The highest BCUT2D eigenvalue weighted by Gasteiger charge is 2.41. The number of carbonyl (C=O) groups is 4. The van der Waals surface area contributed by atoms with Gasteiger partial charge in [-0.15, -0.1) is 0 Å². The molecule has 3 amide bonds. The second kappa shape index (κ2) is 16.0. The molecule has 46 heavy (non-hydrogen) atoms. The first-order valence-corrected chi connectivity index (χ1v) is 15.6. The smallest absolute Gasteiger partial charge is 0.408 e. The van der Waals surface area contributed by atoms with Crippen LogP contribution < -0.4 is 10.6 Å². The molecule has 1 aliphatic heterocycles. The van der Waals surface area contributed by atoms with Crippen LogP contribution in [0.2, 0.25) is 0 Å². The normalized spacial score (nSPS) is 16.5. The summed E-state index contributed by atoms with van der Waals surface area (Å²) in [7, 11) is 0. The molecular weight excluding hydrogens is 586 g/mol. The van der Waals surface area contributed by atoms with Gasteiger partial charge in [-0.25, -0.2) is 9.59 Å². The van der Waals surface area contributed by atoms with Crippen molar-refractivity contribution in [2.24, 2.45) is 0 Å². The van der Waals surface area contributed by atoms with Crippen LogP contribution in [0.4, 0.5) is 4.79 Å². The van der Waals surface area contributed by atoms with Crippen molar-refractivity contribution >= 4 is 23.9 Å². The van der Waals surface area contributed by atoms with E-state index in [9.17, 15) is 24.3 Å². The minimum atomic E-state index is -1.67. The van der Waals surface area contributed by atoms with Crippen molar-refractivity contribution in [2.45, 2.75) is 82.9 Å². The van der Waals surface area contributed by atoms with Crippen LogP contribution in [0.15, 0.2) is 91.0 Å². The summed E-state index contributed by atoms with van der Waals surface area (Å²) in [5.41, 5.74) is 1.62. The lowest BCUT2D eigenvalue weighted by Gasteiger charge is -2.32. The van der Waals surface area contributed by atoms with Gasteiger partial charge in [-0.05, 0) is 56.7 Å². The minimum absolute atomic E-state index is 0.0187. The molecule has 1 saturated heterocycles. The van der Waals surface area contributed by atoms with Gasteiger partial charge in [0.25, 0.3) is 5.91 Å². The van der Waals surface area contributed by atoms with E-state index in [0.29, 0.717) is 12.8 Å². The molecule has 3 aromatic carbocycles. The molecule has 244 valence electrons. The topological polar surface area (TPSA) is 134 Å². The third-order valence-corrected chi connectivity index (χ3v) is 7.58. The number of hydrogen-bond donors (Lipinski definition) is 3. The predicted molar refractivity (Wildman–Crippen MR) is 172 cm³/mol. The zero-order valence-corrected chi connectivity index (χ0v) is 26.6. The average Bonchev–Trinajstić information content (AvgIpc) is 3.54. The number of aliphatic hydroxyl groups is 1. The Morgan fingerprint density at radius 2 is 1.37 bits per heavy atom. The number of ether oxygens (including phenoxy) is 2. The van der Waals surface area contributed by atoms with Crippen LogP contribution in [-0.2, 0) is 43.3 Å². The lowest BCUT2D eigenvalue weighted by molar-refractivity contribution is -0.165. The van der Waals surface area contributed by atoms with Crippen LogP contribution in [0.5, 0.6) is 0 Å². The van der Waals surface area contributed by atoms with Crippen LogP contribution in [0.1, 0.15) is 50.3 Å². The number of amides is 3. The van der Waals surface area contributed by atoms with Gasteiger partial charge in [0.1, 0.15) is 24.3 Å². The van der Waals surface area contributed by atoms with Crippen molar-refractivity contribution in [3.63, 3.8) is 0 Å². The first-order valence-electron chi connectivity index (χ1n) is 15.6. The fourth-order valence-electron chi connectivity index (χ4n) is 5.35. The molecule has 1 fully saturated rings. The van der Waals surface area contributed by atoms with Crippen molar-refractivity contribution < 1.29 is 33.8 Å². The van der Waals surface area contributed by atoms with Gasteiger partial charge in [0.05, 0.1) is 6.04 Å². The van der Waals surface area contributed by atoms with Gasteiger partial charge >= 0.3 is 12.1 Å². The maximum Gasteiger partial charge on any atom is 0.408 e. The van der Waals surface area contributed by atoms with E-state index in [1.807, 2.05) is 91.0 Å². The van der Waals surface area contributed by atoms with Crippen molar-refractivity contribution in [3.8, 4) is 0 Å². The van der Waals surface area contributed by atoms with E-state index in [4.69, 9.17) is 9.47 Å². The summed E-state index contributed by atoms with van der Waals surface area (Å²) in [5, 5.41) is 17.0. The lowest BCUT2D eigenvalue weighted by atomic mass is 9.98. The molecule has 1 heterocycles. The number of hydrogen-bond acceptors (Lipinski definition) is 7. The van der Waals surface area contributed by atoms with Gasteiger partial charge in [0.2, 0.25) is 5.91 Å². The van der Waals surface area contributed by atoms with Crippen LogP contribution in [-0.4, -0.2) is 70.3 Å². The number of rotatable bonds is 12. The molecule has 3 N–H and O–H groups in total. The summed E-state index contributed by atoms with van der Waals surface area (Å²) < 4.78 is 10.9. The molecule has 1 unspecified atom stereocenters. The van der Waals surface area contributed by atoms with Crippen molar-refractivity contribution in [1.82, 2.24) is 15.5 Å². The highest BCUT2D eigenvalue weighted by Crippen LogP contribution is 2.23. The number of likely N-dealkylation sites (tertiary alicyclic amines) is 1. The number of alkyl carbamates (subject to hydrolysis) is 1. The van der Waals surface area contributed by atoms with Crippen LogP contribution in [0.25, 0.3) is 0 Å². The molecule has 0 aromatic heterocycles. The monoisotopic (exact) mass is 629 g/mol. The second-order valence-corrected chi connectivity index (χ2v) is 12.4. The SMILES string of the molecule is CC(C)(C)OC(=O)[C@@H]1CCCN1C(=O)C(O)[C@H](Cc1ccccc1)NC(=O)[C@H](Cc1ccccc1)NC(=O)OCc1ccccc1. The molecule has 0 spiro atoms. The van der Waals surface area contributed by atoms with Gasteiger partial charge in [-0.2, -0.15) is 0 Å². The Bertz CT molecular complexity index is 1440. The number of aliphatic hydroxyl groups excluding tert-OH is 1.